The van der Waals surface area contributed by atoms with Gasteiger partial charge in [0, 0.05) is 0 Å². The highest BCUT2D eigenvalue weighted by Gasteiger charge is 2.16. The van der Waals surface area contributed by atoms with E-state index in [9.17, 15) is 4.79 Å². The van der Waals surface area contributed by atoms with Gasteiger partial charge in [-0.05, 0) is 28.1 Å². The van der Waals surface area contributed by atoms with Crippen LogP contribution in [0.25, 0.3) is 5.52 Å². The number of hydrogen-bond donors (Lipinski definition) is 1. The second-order valence-electron chi connectivity index (χ2n) is 2.60. The van der Waals surface area contributed by atoms with Crippen LogP contribution in [0.4, 0.5) is 0 Å². The number of nitrogens with zero attached hydrogens (tertiary/aromatic N) is 2. The second kappa shape index (κ2) is 3.25. The van der Waals surface area contributed by atoms with Gasteiger partial charge in [-0.1, -0.05) is 17.7 Å². The van der Waals surface area contributed by atoms with Crippen molar-refractivity contribution < 1.29 is 9.90 Å². The predicted molar refractivity (Wildman–Crippen MR) is 54.9 cm³/mol. The minimum absolute atomic E-state index is 0.0996. The molecule has 2 heterocycles. The molecule has 4 nitrogen and oxygen atoms in total. The van der Waals surface area contributed by atoms with Crippen molar-refractivity contribution in [2.45, 2.75) is 0 Å². The lowest BCUT2D eigenvalue weighted by atomic mass is 10.4. The van der Waals surface area contributed by atoms with Crippen LogP contribution >= 0.6 is 27.5 Å². The lowest BCUT2D eigenvalue weighted by molar-refractivity contribution is 0.0682. The Morgan fingerprint density at radius 1 is 1.57 bits per heavy atom. The molecule has 0 amide bonds. The van der Waals surface area contributed by atoms with E-state index in [1.165, 1.54) is 4.40 Å². The van der Waals surface area contributed by atoms with Crippen molar-refractivity contribution >= 4 is 39.0 Å². The maximum Gasteiger partial charge on any atom is 0.372 e. The first-order chi connectivity index (χ1) is 6.61. The van der Waals surface area contributed by atoms with Crippen LogP contribution in [0.2, 0.25) is 5.15 Å². The third kappa shape index (κ3) is 1.29. The fraction of sp³-hybridized carbons (Fsp3) is 0. The zero-order valence-corrected chi connectivity index (χ0v) is 9.08. The lowest BCUT2D eigenvalue weighted by Gasteiger charge is -1.98. The summed E-state index contributed by atoms with van der Waals surface area (Å²) in [4.78, 5) is 14.6. The van der Waals surface area contributed by atoms with Crippen LogP contribution in [0.15, 0.2) is 22.8 Å². The molecule has 0 bridgehead atoms. The van der Waals surface area contributed by atoms with E-state index in [0.29, 0.717) is 10.1 Å². The number of carbonyl (C=O) groups is 1. The molecule has 0 aliphatic rings. The molecule has 2 aromatic heterocycles. The molecule has 0 atom stereocenters. The first-order valence-electron chi connectivity index (χ1n) is 3.67. The van der Waals surface area contributed by atoms with Crippen molar-refractivity contribution in [3.63, 3.8) is 0 Å². The molecule has 0 fully saturated rings. The maximum atomic E-state index is 10.8. The highest BCUT2D eigenvalue weighted by molar-refractivity contribution is 9.10. The van der Waals surface area contributed by atoms with Crippen LogP contribution in [0.3, 0.4) is 0 Å². The van der Waals surface area contributed by atoms with Gasteiger partial charge in [0.25, 0.3) is 0 Å². The predicted octanol–water partition coefficient (Wildman–Crippen LogP) is 2.45. The van der Waals surface area contributed by atoms with Gasteiger partial charge in [-0.3, -0.25) is 4.40 Å². The normalized spacial score (nSPS) is 10.7. The number of rotatable bonds is 1. The Morgan fingerprint density at radius 2 is 2.29 bits per heavy atom. The third-order valence-electron chi connectivity index (χ3n) is 1.76. The summed E-state index contributed by atoms with van der Waals surface area (Å²) in [5, 5.41) is 9.04. The average Bonchev–Trinajstić information content (AvgIpc) is 2.46. The minimum atomic E-state index is -1.11. The average molecular weight is 275 g/mol. The van der Waals surface area contributed by atoms with Gasteiger partial charge in [0.2, 0.25) is 5.82 Å². The molecule has 2 aromatic rings. The fourth-order valence-corrected chi connectivity index (χ4v) is 1.94. The molecular formula is C8H4BrClN2O2. The molecule has 0 saturated carbocycles. The first-order valence-corrected chi connectivity index (χ1v) is 4.84. The summed E-state index contributed by atoms with van der Waals surface area (Å²) in [6, 6.07) is 5.18. The molecule has 14 heavy (non-hydrogen) atoms. The zero-order chi connectivity index (χ0) is 10.3. The summed E-state index contributed by atoms with van der Waals surface area (Å²) < 4.78 is 2.04. The number of halogens is 2. The van der Waals surface area contributed by atoms with Crippen LogP contribution in [0, 0.1) is 0 Å². The molecule has 2 rings (SSSR count). The number of fused-ring (bicyclic) bond motifs is 1. The van der Waals surface area contributed by atoms with Gasteiger partial charge in [-0.25, -0.2) is 9.78 Å². The van der Waals surface area contributed by atoms with E-state index in [-0.39, 0.29) is 11.0 Å². The largest absolute Gasteiger partial charge is 0.475 e. The molecule has 0 aliphatic heterocycles. The van der Waals surface area contributed by atoms with Gasteiger partial charge in [0.05, 0.1) is 10.1 Å². The highest BCUT2D eigenvalue weighted by atomic mass is 79.9. The standard InChI is InChI=1S/C8H4BrClN2O2/c9-5-3-1-2-4-6(10)11-7(8(13)14)12(4)5/h1-3H,(H,13,14). The Bertz CT molecular complexity index is 523. The molecule has 0 saturated heterocycles. The van der Waals surface area contributed by atoms with Crippen molar-refractivity contribution in [2.75, 3.05) is 0 Å². The van der Waals surface area contributed by atoms with Gasteiger partial charge < -0.3 is 5.11 Å². The van der Waals surface area contributed by atoms with Gasteiger partial charge in [-0.2, -0.15) is 0 Å². The maximum absolute atomic E-state index is 10.8. The third-order valence-corrected chi connectivity index (χ3v) is 2.66. The minimum Gasteiger partial charge on any atom is -0.475 e. The summed E-state index contributed by atoms with van der Waals surface area (Å²) in [5.41, 5.74) is 0.568. The summed E-state index contributed by atoms with van der Waals surface area (Å²) in [7, 11) is 0. The number of carboxylic acid groups (broad SMARTS) is 1. The Morgan fingerprint density at radius 3 is 2.93 bits per heavy atom. The quantitative estimate of drug-likeness (QED) is 0.813. The first kappa shape index (κ1) is 9.48. The summed E-state index contributed by atoms with van der Waals surface area (Å²) >= 11 is 9.01. The lowest BCUT2D eigenvalue weighted by Crippen LogP contribution is -2.04. The van der Waals surface area contributed by atoms with E-state index < -0.39 is 5.97 Å². The number of aromatic carboxylic acids is 1. The molecular weight excluding hydrogens is 271 g/mol. The van der Waals surface area contributed by atoms with Crippen molar-refractivity contribution in [1.82, 2.24) is 9.38 Å². The van der Waals surface area contributed by atoms with E-state index in [0.717, 1.165) is 0 Å². The van der Waals surface area contributed by atoms with E-state index in [2.05, 4.69) is 20.9 Å². The number of hydrogen-bond acceptors (Lipinski definition) is 2. The Kier molecular flexibility index (Phi) is 2.20. The van der Waals surface area contributed by atoms with Crippen LogP contribution < -0.4 is 0 Å². The molecule has 1 N–H and O–H groups in total. The summed E-state index contributed by atoms with van der Waals surface area (Å²) in [6.45, 7) is 0. The zero-order valence-electron chi connectivity index (χ0n) is 6.74. The summed E-state index contributed by atoms with van der Waals surface area (Å²) in [6.07, 6.45) is 0. The van der Waals surface area contributed by atoms with Gasteiger partial charge >= 0.3 is 5.97 Å². The van der Waals surface area contributed by atoms with Crippen molar-refractivity contribution in [1.29, 1.82) is 0 Å². The molecule has 0 unspecified atom stereocenters. The van der Waals surface area contributed by atoms with E-state index >= 15 is 0 Å². The fourth-order valence-electron chi connectivity index (χ4n) is 1.20. The molecule has 6 heteroatoms. The van der Waals surface area contributed by atoms with Crippen molar-refractivity contribution in [3.05, 3.63) is 33.8 Å². The van der Waals surface area contributed by atoms with E-state index in [4.69, 9.17) is 16.7 Å². The molecule has 0 radical (unpaired) electrons. The number of carboxylic acids is 1. The topological polar surface area (TPSA) is 54.6 Å². The van der Waals surface area contributed by atoms with Crippen LogP contribution in [0.1, 0.15) is 10.6 Å². The van der Waals surface area contributed by atoms with Gasteiger partial charge in [0.1, 0.15) is 0 Å². The number of pyridine rings is 1. The molecule has 0 aromatic carbocycles. The number of imidazole rings is 1. The molecule has 72 valence electrons. The Hall–Kier alpha value is -1.07. The Balaban J connectivity index is 2.93. The smallest absolute Gasteiger partial charge is 0.372 e. The summed E-state index contributed by atoms with van der Waals surface area (Å²) in [5.74, 6) is -1.21. The molecule has 0 aliphatic carbocycles. The second-order valence-corrected chi connectivity index (χ2v) is 3.77. The number of aromatic nitrogens is 2. The van der Waals surface area contributed by atoms with Crippen LogP contribution in [-0.2, 0) is 0 Å². The van der Waals surface area contributed by atoms with Crippen LogP contribution in [-0.4, -0.2) is 20.5 Å². The van der Waals surface area contributed by atoms with E-state index in [1.54, 1.807) is 18.2 Å². The van der Waals surface area contributed by atoms with Gasteiger partial charge in [-0.15, -0.1) is 0 Å². The van der Waals surface area contributed by atoms with Crippen LogP contribution in [0.5, 0.6) is 0 Å². The molecule has 0 spiro atoms. The van der Waals surface area contributed by atoms with Gasteiger partial charge in [0.15, 0.2) is 5.15 Å². The highest BCUT2D eigenvalue weighted by Crippen LogP contribution is 2.22. The van der Waals surface area contributed by atoms with Crippen molar-refractivity contribution in [2.24, 2.45) is 0 Å². The van der Waals surface area contributed by atoms with Crippen molar-refractivity contribution in [3.8, 4) is 0 Å². The Labute approximate surface area is 92.3 Å². The monoisotopic (exact) mass is 274 g/mol. The van der Waals surface area contributed by atoms with E-state index in [1.807, 2.05) is 0 Å². The SMILES string of the molecule is O=C(O)c1nc(Cl)c2cccc(Br)n12.